The molecule has 0 saturated carbocycles. The van der Waals surface area contributed by atoms with Crippen molar-refractivity contribution in [2.24, 2.45) is 0 Å². The van der Waals surface area contributed by atoms with E-state index in [4.69, 9.17) is 14.2 Å². The van der Waals surface area contributed by atoms with Gasteiger partial charge in [-0.25, -0.2) is 0 Å². The number of aliphatic hydroxyl groups excluding tert-OH is 1. The smallest absolute Gasteiger partial charge is 0.255 e. The summed E-state index contributed by atoms with van der Waals surface area (Å²) in [7, 11) is 0. The highest BCUT2D eigenvalue weighted by Gasteiger charge is 2.55. The van der Waals surface area contributed by atoms with Crippen molar-refractivity contribution in [1.82, 2.24) is 4.90 Å². The number of benzene rings is 2. The molecule has 2 fully saturated rings. The van der Waals surface area contributed by atoms with Crippen molar-refractivity contribution in [2.75, 3.05) is 6.61 Å². The van der Waals surface area contributed by atoms with Gasteiger partial charge in [0.25, 0.3) is 5.91 Å². The summed E-state index contributed by atoms with van der Waals surface area (Å²) in [5, 5.41) is 10.2. The summed E-state index contributed by atoms with van der Waals surface area (Å²) in [4.78, 5) is 15.0. The lowest BCUT2D eigenvalue weighted by Crippen LogP contribution is -2.47. The van der Waals surface area contributed by atoms with Crippen LogP contribution in [0.5, 0.6) is 0 Å². The molecule has 2 heterocycles. The molecular weight excluding hydrogens is 358 g/mol. The third kappa shape index (κ3) is 4.42. The molecule has 2 aromatic rings. The van der Waals surface area contributed by atoms with E-state index in [-0.39, 0.29) is 12.5 Å². The molecule has 0 unspecified atom stereocenters. The molecule has 2 aromatic carbocycles. The number of hydrogen-bond donors (Lipinski definition) is 1. The van der Waals surface area contributed by atoms with Gasteiger partial charge in [0.2, 0.25) is 0 Å². The number of carbonyl (C=O) groups excluding carboxylic acids is 1. The third-order valence-corrected chi connectivity index (χ3v) is 5.07. The minimum absolute atomic E-state index is 0.0901. The lowest BCUT2D eigenvalue weighted by Gasteiger charge is -2.31. The molecule has 6 heteroatoms. The molecule has 28 heavy (non-hydrogen) atoms. The summed E-state index contributed by atoms with van der Waals surface area (Å²) in [6.07, 6.45) is -2.80. The van der Waals surface area contributed by atoms with Crippen LogP contribution in [-0.2, 0) is 32.1 Å². The molecule has 1 N–H and O–H groups in total. The van der Waals surface area contributed by atoms with E-state index in [0.717, 1.165) is 11.1 Å². The quantitative estimate of drug-likeness (QED) is 0.774. The number of amides is 1. The first-order chi connectivity index (χ1) is 13.6. The van der Waals surface area contributed by atoms with Crippen LogP contribution in [0.1, 0.15) is 18.1 Å². The first-order valence-electron chi connectivity index (χ1n) is 9.59. The Balaban J connectivity index is 1.47. The maximum atomic E-state index is 13.2. The summed E-state index contributed by atoms with van der Waals surface area (Å²) >= 11 is 0. The predicted octanol–water partition coefficient (Wildman–Crippen LogP) is 2.11. The number of rotatable bonds is 6. The van der Waals surface area contributed by atoms with E-state index in [1.807, 2.05) is 60.7 Å². The Labute approximate surface area is 164 Å². The molecule has 0 bridgehead atoms. The van der Waals surface area contributed by atoms with Gasteiger partial charge in [-0.2, -0.15) is 0 Å². The molecule has 5 atom stereocenters. The molecule has 6 nitrogen and oxygen atoms in total. The van der Waals surface area contributed by atoms with Crippen LogP contribution >= 0.6 is 0 Å². The second-order valence-electron chi connectivity index (χ2n) is 7.26. The van der Waals surface area contributed by atoms with Gasteiger partial charge in [-0.15, -0.1) is 0 Å². The number of carbonyl (C=O) groups is 1. The van der Waals surface area contributed by atoms with E-state index in [9.17, 15) is 9.90 Å². The van der Waals surface area contributed by atoms with E-state index in [2.05, 4.69) is 0 Å². The minimum Gasteiger partial charge on any atom is -0.388 e. The molecule has 2 saturated heterocycles. The minimum atomic E-state index is -0.796. The Hall–Kier alpha value is -2.25. The second kappa shape index (κ2) is 8.41. The van der Waals surface area contributed by atoms with Crippen LogP contribution in [0.25, 0.3) is 0 Å². The van der Waals surface area contributed by atoms with Gasteiger partial charge in [-0.05, 0) is 18.1 Å². The van der Waals surface area contributed by atoms with Gasteiger partial charge in [-0.3, -0.25) is 4.79 Å². The third-order valence-electron chi connectivity index (χ3n) is 5.07. The van der Waals surface area contributed by atoms with Crippen LogP contribution in [0, 0.1) is 0 Å². The Morgan fingerprint density at radius 2 is 1.54 bits per heavy atom. The van der Waals surface area contributed by atoms with Crippen molar-refractivity contribution in [3.8, 4) is 0 Å². The molecule has 0 aliphatic carbocycles. The maximum Gasteiger partial charge on any atom is 0.255 e. The first-order valence-corrected chi connectivity index (χ1v) is 9.59. The topological polar surface area (TPSA) is 71.5 Å². The van der Waals surface area contributed by atoms with E-state index in [0.29, 0.717) is 13.1 Å². The number of nitrogens with zero attached hydrogens (tertiary/aromatic N) is 1. The van der Waals surface area contributed by atoms with Gasteiger partial charge in [0.1, 0.15) is 18.3 Å². The highest BCUT2D eigenvalue weighted by Crippen LogP contribution is 2.34. The highest BCUT2D eigenvalue weighted by molar-refractivity contribution is 5.84. The number of ether oxygens (including phenoxy) is 3. The van der Waals surface area contributed by atoms with Gasteiger partial charge < -0.3 is 24.2 Å². The first kappa shape index (κ1) is 19.1. The molecule has 0 aromatic heterocycles. The SMILES string of the molecule is C[C@@H]1OC[C@@H](O)[C@H]([C@@H]2O[C@H]2C(=O)N(Cc2ccccc2)Cc2ccccc2)O1. The van der Waals surface area contributed by atoms with E-state index >= 15 is 0 Å². The van der Waals surface area contributed by atoms with Crippen LogP contribution in [0.15, 0.2) is 60.7 Å². The zero-order chi connectivity index (χ0) is 19.5. The highest BCUT2D eigenvalue weighted by atomic mass is 16.7. The predicted molar refractivity (Wildman–Crippen MR) is 102 cm³/mol. The summed E-state index contributed by atoms with van der Waals surface area (Å²) in [6.45, 7) is 2.95. The average molecular weight is 383 g/mol. The van der Waals surface area contributed by atoms with Crippen molar-refractivity contribution < 1.29 is 24.1 Å². The zero-order valence-corrected chi connectivity index (χ0v) is 15.8. The Bertz CT molecular complexity index is 743. The fourth-order valence-corrected chi connectivity index (χ4v) is 3.55. The molecule has 0 radical (unpaired) electrons. The lowest BCUT2D eigenvalue weighted by molar-refractivity contribution is -0.247. The normalized spacial score (nSPS) is 29.3. The molecule has 2 aliphatic rings. The van der Waals surface area contributed by atoms with Gasteiger partial charge in [-0.1, -0.05) is 60.7 Å². The molecule has 1 amide bonds. The summed E-state index contributed by atoms with van der Waals surface area (Å²) in [5.74, 6) is -0.0901. The van der Waals surface area contributed by atoms with E-state index < -0.39 is 30.7 Å². The van der Waals surface area contributed by atoms with Gasteiger partial charge in [0, 0.05) is 13.1 Å². The van der Waals surface area contributed by atoms with Crippen LogP contribution in [0.2, 0.25) is 0 Å². The van der Waals surface area contributed by atoms with Gasteiger partial charge >= 0.3 is 0 Å². The second-order valence-corrected chi connectivity index (χ2v) is 7.26. The molecule has 2 aliphatic heterocycles. The van der Waals surface area contributed by atoms with Crippen LogP contribution in [0.4, 0.5) is 0 Å². The molecule has 4 rings (SSSR count). The lowest BCUT2D eigenvalue weighted by atomic mass is 10.1. The average Bonchev–Trinajstić information content (AvgIpc) is 3.51. The van der Waals surface area contributed by atoms with Crippen LogP contribution in [0.3, 0.4) is 0 Å². The summed E-state index contributed by atoms with van der Waals surface area (Å²) in [6, 6.07) is 19.8. The van der Waals surface area contributed by atoms with Crippen LogP contribution in [-0.4, -0.2) is 53.2 Å². The monoisotopic (exact) mass is 383 g/mol. The fraction of sp³-hybridized carbons (Fsp3) is 0.409. The van der Waals surface area contributed by atoms with Crippen molar-refractivity contribution in [3.63, 3.8) is 0 Å². The fourth-order valence-electron chi connectivity index (χ4n) is 3.55. The van der Waals surface area contributed by atoms with Crippen molar-refractivity contribution in [3.05, 3.63) is 71.8 Å². The number of epoxide rings is 1. The van der Waals surface area contributed by atoms with Crippen LogP contribution < -0.4 is 0 Å². The van der Waals surface area contributed by atoms with E-state index in [1.54, 1.807) is 11.8 Å². The van der Waals surface area contributed by atoms with Crippen molar-refractivity contribution in [1.29, 1.82) is 0 Å². The molecule has 0 spiro atoms. The largest absolute Gasteiger partial charge is 0.388 e. The number of aliphatic hydroxyl groups is 1. The zero-order valence-electron chi connectivity index (χ0n) is 15.8. The molecule has 148 valence electrons. The standard InChI is InChI=1S/C22H25NO5/c1-15-26-14-18(24)19(27-15)20-21(28-20)22(25)23(12-16-8-4-2-5-9-16)13-17-10-6-3-7-11-17/h2-11,15,18-21,24H,12-14H2,1H3/t15-,18-,19-,20+,21-/m1/s1. The Kier molecular flexibility index (Phi) is 5.73. The number of hydrogen-bond acceptors (Lipinski definition) is 5. The van der Waals surface area contributed by atoms with Crippen molar-refractivity contribution in [2.45, 2.75) is 50.7 Å². The van der Waals surface area contributed by atoms with Crippen molar-refractivity contribution >= 4 is 5.91 Å². The maximum absolute atomic E-state index is 13.2. The Morgan fingerprint density at radius 1 is 0.964 bits per heavy atom. The van der Waals surface area contributed by atoms with E-state index in [1.165, 1.54) is 0 Å². The summed E-state index contributed by atoms with van der Waals surface area (Å²) in [5.41, 5.74) is 2.11. The Morgan fingerprint density at radius 3 is 2.11 bits per heavy atom. The van der Waals surface area contributed by atoms with Gasteiger partial charge in [0.15, 0.2) is 12.4 Å². The van der Waals surface area contributed by atoms with Gasteiger partial charge in [0.05, 0.1) is 6.61 Å². The molecular formula is C22H25NO5. The summed E-state index contributed by atoms with van der Waals surface area (Å²) < 4.78 is 16.6.